The number of fused-ring (bicyclic) bond motifs is 2. The fourth-order valence-electron chi connectivity index (χ4n) is 3.74. The fraction of sp³-hybridized carbons (Fsp3) is 0.933. The lowest BCUT2D eigenvalue weighted by Gasteiger charge is -2.29. The van der Waals surface area contributed by atoms with Crippen molar-refractivity contribution in [1.82, 2.24) is 10.2 Å². The Kier molecular flexibility index (Phi) is 4.08. The molecule has 0 spiro atoms. The third kappa shape index (κ3) is 2.95. The van der Waals surface area contributed by atoms with Crippen LogP contribution in [0.3, 0.4) is 0 Å². The largest absolute Gasteiger partial charge is 0.373 e. The van der Waals surface area contributed by atoms with Crippen LogP contribution in [0.4, 0.5) is 0 Å². The summed E-state index contributed by atoms with van der Waals surface area (Å²) in [5.74, 6) is 0.197. The van der Waals surface area contributed by atoms with Crippen LogP contribution in [0.15, 0.2) is 0 Å². The molecule has 1 amide bonds. The molecule has 0 radical (unpaired) electrons. The number of amides is 1. The van der Waals surface area contributed by atoms with Crippen LogP contribution in [-0.4, -0.2) is 48.2 Å². The van der Waals surface area contributed by atoms with Crippen LogP contribution in [0.1, 0.15) is 51.9 Å². The minimum Gasteiger partial charge on any atom is -0.373 e. The predicted molar refractivity (Wildman–Crippen MR) is 73.9 cm³/mol. The van der Waals surface area contributed by atoms with Crippen LogP contribution in [0.5, 0.6) is 0 Å². The van der Waals surface area contributed by atoms with Gasteiger partial charge in [0, 0.05) is 0 Å². The number of likely N-dealkylation sites (tertiary alicyclic amines) is 1. The Balaban J connectivity index is 1.51. The quantitative estimate of drug-likeness (QED) is 0.845. The van der Waals surface area contributed by atoms with Gasteiger partial charge in [0.2, 0.25) is 5.91 Å². The van der Waals surface area contributed by atoms with E-state index in [1.807, 2.05) is 0 Å². The second-order valence-electron chi connectivity index (χ2n) is 6.35. The SMILES string of the molecule is CC(C(=O)NC1CC2CCC1O2)N1CCCCCC1. The molecule has 19 heavy (non-hydrogen) atoms. The maximum atomic E-state index is 12.4. The van der Waals surface area contributed by atoms with Gasteiger partial charge >= 0.3 is 0 Å². The molecule has 1 N–H and O–H groups in total. The lowest BCUT2D eigenvalue weighted by atomic mass is 9.95. The molecule has 108 valence electrons. The van der Waals surface area contributed by atoms with Crippen molar-refractivity contribution in [2.75, 3.05) is 13.1 Å². The molecule has 0 aromatic carbocycles. The molecule has 3 aliphatic heterocycles. The number of hydrogen-bond donors (Lipinski definition) is 1. The third-order valence-corrected chi connectivity index (χ3v) is 5.00. The summed E-state index contributed by atoms with van der Waals surface area (Å²) in [4.78, 5) is 14.7. The van der Waals surface area contributed by atoms with Gasteiger partial charge in [-0.15, -0.1) is 0 Å². The maximum Gasteiger partial charge on any atom is 0.237 e. The molecule has 0 aromatic rings. The van der Waals surface area contributed by atoms with E-state index in [0.29, 0.717) is 6.10 Å². The molecule has 4 unspecified atom stereocenters. The first kappa shape index (κ1) is 13.4. The number of rotatable bonds is 3. The van der Waals surface area contributed by atoms with Gasteiger partial charge in [-0.25, -0.2) is 0 Å². The van der Waals surface area contributed by atoms with Crippen LogP contribution < -0.4 is 5.32 Å². The van der Waals surface area contributed by atoms with E-state index in [0.717, 1.165) is 25.9 Å². The van der Waals surface area contributed by atoms with Crippen molar-refractivity contribution in [2.24, 2.45) is 0 Å². The van der Waals surface area contributed by atoms with Crippen LogP contribution in [-0.2, 0) is 9.53 Å². The molecular weight excluding hydrogens is 240 g/mol. The van der Waals surface area contributed by atoms with Gasteiger partial charge in [-0.1, -0.05) is 12.8 Å². The summed E-state index contributed by atoms with van der Waals surface area (Å²) in [6.07, 6.45) is 9.09. The molecule has 3 rings (SSSR count). The van der Waals surface area contributed by atoms with E-state index >= 15 is 0 Å². The zero-order valence-electron chi connectivity index (χ0n) is 11.9. The number of carbonyl (C=O) groups is 1. The Bertz CT molecular complexity index is 326. The van der Waals surface area contributed by atoms with Crippen molar-refractivity contribution in [3.8, 4) is 0 Å². The highest BCUT2D eigenvalue weighted by molar-refractivity contribution is 5.81. The highest BCUT2D eigenvalue weighted by atomic mass is 16.5. The van der Waals surface area contributed by atoms with Crippen molar-refractivity contribution in [1.29, 1.82) is 0 Å². The highest BCUT2D eigenvalue weighted by Gasteiger charge is 2.42. The van der Waals surface area contributed by atoms with Gasteiger partial charge in [-0.05, 0) is 52.1 Å². The average molecular weight is 266 g/mol. The summed E-state index contributed by atoms with van der Waals surface area (Å²) >= 11 is 0. The van der Waals surface area contributed by atoms with Crippen LogP contribution in [0.25, 0.3) is 0 Å². The first-order valence-corrected chi connectivity index (χ1v) is 7.94. The smallest absolute Gasteiger partial charge is 0.237 e. The lowest BCUT2D eigenvalue weighted by molar-refractivity contribution is -0.127. The molecule has 4 nitrogen and oxygen atoms in total. The summed E-state index contributed by atoms with van der Waals surface area (Å²) < 4.78 is 5.80. The van der Waals surface area contributed by atoms with Crippen molar-refractivity contribution in [2.45, 2.75) is 76.2 Å². The first-order chi connectivity index (χ1) is 9.24. The van der Waals surface area contributed by atoms with Crippen molar-refractivity contribution < 1.29 is 9.53 Å². The first-order valence-electron chi connectivity index (χ1n) is 7.94. The second kappa shape index (κ2) is 5.80. The van der Waals surface area contributed by atoms with Crippen molar-refractivity contribution >= 4 is 5.91 Å². The summed E-state index contributed by atoms with van der Waals surface area (Å²) in [5.41, 5.74) is 0. The second-order valence-corrected chi connectivity index (χ2v) is 6.35. The number of nitrogens with one attached hydrogen (secondary N) is 1. The van der Waals surface area contributed by atoms with E-state index in [2.05, 4.69) is 17.1 Å². The molecule has 0 aromatic heterocycles. The molecule has 2 bridgehead atoms. The van der Waals surface area contributed by atoms with Gasteiger partial charge in [-0.2, -0.15) is 0 Å². The lowest BCUT2D eigenvalue weighted by Crippen LogP contribution is -2.50. The van der Waals surface area contributed by atoms with Gasteiger partial charge in [0.1, 0.15) is 0 Å². The monoisotopic (exact) mass is 266 g/mol. The van der Waals surface area contributed by atoms with Crippen LogP contribution in [0, 0.1) is 0 Å². The van der Waals surface area contributed by atoms with E-state index < -0.39 is 0 Å². The minimum atomic E-state index is 0.0113. The molecule has 3 fully saturated rings. The number of ether oxygens (including phenoxy) is 1. The Morgan fingerprint density at radius 3 is 2.53 bits per heavy atom. The van der Waals surface area contributed by atoms with Crippen molar-refractivity contribution in [3.63, 3.8) is 0 Å². The number of carbonyl (C=O) groups excluding carboxylic acids is 1. The Hall–Kier alpha value is -0.610. The summed E-state index contributed by atoms with van der Waals surface area (Å²) in [7, 11) is 0. The third-order valence-electron chi connectivity index (χ3n) is 5.00. The maximum absolute atomic E-state index is 12.4. The minimum absolute atomic E-state index is 0.0113. The van der Waals surface area contributed by atoms with E-state index in [-0.39, 0.29) is 24.1 Å². The molecule has 4 heteroatoms. The molecule has 0 aliphatic carbocycles. The van der Waals surface area contributed by atoms with Gasteiger partial charge in [-0.3, -0.25) is 9.69 Å². The predicted octanol–water partition coefficient (Wildman–Crippen LogP) is 1.69. The highest BCUT2D eigenvalue weighted by Crippen LogP contribution is 2.34. The average Bonchev–Trinajstić information content (AvgIpc) is 2.91. The molecule has 3 aliphatic rings. The molecule has 3 saturated heterocycles. The topological polar surface area (TPSA) is 41.6 Å². The van der Waals surface area contributed by atoms with E-state index in [4.69, 9.17) is 4.74 Å². The molecule has 3 heterocycles. The van der Waals surface area contributed by atoms with Crippen LogP contribution >= 0.6 is 0 Å². The summed E-state index contributed by atoms with van der Waals surface area (Å²) in [5, 5.41) is 3.22. The zero-order valence-corrected chi connectivity index (χ0v) is 11.9. The van der Waals surface area contributed by atoms with E-state index in [1.54, 1.807) is 0 Å². The standard InChI is InChI=1S/C15H26N2O2/c1-11(17-8-4-2-3-5-9-17)15(18)16-13-10-12-6-7-14(13)19-12/h11-14H,2-10H2,1H3,(H,16,18). The number of hydrogen-bond acceptors (Lipinski definition) is 3. The molecular formula is C15H26N2O2. The van der Waals surface area contributed by atoms with E-state index in [1.165, 1.54) is 32.1 Å². The van der Waals surface area contributed by atoms with Gasteiger partial charge < -0.3 is 10.1 Å². The Morgan fingerprint density at radius 1 is 1.21 bits per heavy atom. The zero-order chi connectivity index (χ0) is 13.2. The van der Waals surface area contributed by atoms with Crippen LogP contribution in [0.2, 0.25) is 0 Å². The van der Waals surface area contributed by atoms with Gasteiger partial charge in [0.05, 0.1) is 24.3 Å². The Morgan fingerprint density at radius 2 is 1.95 bits per heavy atom. The number of nitrogens with zero attached hydrogens (tertiary/aromatic N) is 1. The summed E-state index contributed by atoms with van der Waals surface area (Å²) in [6.45, 7) is 4.19. The molecule has 0 saturated carbocycles. The van der Waals surface area contributed by atoms with Crippen molar-refractivity contribution in [3.05, 3.63) is 0 Å². The molecule has 4 atom stereocenters. The summed E-state index contributed by atoms with van der Waals surface area (Å²) in [6, 6.07) is 0.276. The van der Waals surface area contributed by atoms with E-state index in [9.17, 15) is 4.79 Å². The Labute approximate surface area is 115 Å². The fourth-order valence-corrected chi connectivity index (χ4v) is 3.74. The normalized spacial score (nSPS) is 37.0. The van der Waals surface area contributed by atoms with Gasteiger partial charge in [0.15, 0.2) is 0 Å². The van der Waals surface area contributed by atoms with Gasteiger partial charge in [0.25, 0.3) is 0 Å².